The van der Waals surface area contributed by atoms with Crippen molar-refractivity contribution >= 4 is 18.3 Å². The third-order valence-electron chi connectivity index (χ3n) is 2.97. The van der Waals surface area contributed by atoms with E-state index in [1.807, 2.05) is 0 Å². The predicted octanol–water partition coefficient (Wildman–Crippen LogP) is 2.26. The summed E-state index contributed by atoms with van der Waals surface area (Å²) >= 11 is 0. The first-order valence-electron chi connectivity index (χ1n) is 6.01. The molecule has 0 atom stereocenters. The van der Waals surface area contributed by atoms with Crippen LogP contribution in [0.4, 0.5) is 13.2 Å². The Kier molecular flexibility index (Phi) is 8.35. The summed E-state index contributed by atoms with van der Waals surface area (Å²) in [6.07, 6.45) is -1.93. The van der Waals surface area contributed by atoms with Crippen molar-refractivity contribution in [3.63, 3.8) is 0 Å². The van der Waals surface area contributed by atoms with E-state index in [1.54, 1.807) is 0 Å². The maximum Gasteiger partial charge on any atom is 0.390 e. The average Bonchev–Trinajstić information content (AvgIpc) is 2.26. The molecule has 0 bridgehead atoms. The topological polar surface area (TPSA) is 41.1 Å². The van der Waals surface area contributed by atoms with Gasteiger partial charge < -0.3 is 10.6 Å². The molecule has 0 radical (unpaired) electrons. The summed E-state index contributed by atoms with van der Waals surface area (Å²) in [6, 6.07) is 0. The lowest BCUT2D eigenvalue weighted by Gasteiger charge is -2.22. The van der Waals surface area contributed by atoms with Crippen molar-refractivity contribution in [1.82, 2.24) is 10.6 Å². The Bertz CT molecular complexity index is 243. The Labute approximate surface area is 111 Å². The molecule has 18 heavy (non-hydrogen) atoms. The SMILES string of the molecule is Cl.O=C(CCC1CCNCC1)NCCC(F)(F)F. The first-order valence-corrected chi connectivity index (χ1v) is 6.01. The van der Waals surface area contributed by atoms with E-state index in [0.717, 1.165) is 32.4 Å². The summed E-state index contributed by atoms with van der Waals surface area (Å²) in [5, 5.41) is 5.53. The van der Waals surface area contributed by atoms with Crippen molar-refractivity contribution in [2.75, 3.05) is 19.6 Å². The molecule has 0 spiro atoms. The van der Waals surface area contributed by atoms with Crippen LogP contribution in [0.25, 0.3) is 0 Å². The molecular weight excluding hydrogens is 269 g/mol. The van der Waals surface area contributed by atoms with E-state index < -0.39 is 12.6 Å². The fourth-order valence-electron chi connectivity index (χ4n) is 1.94. The molecule has 2 N–H and O–H groups in total. The van der Waals surface area contributed by atoms with E-state index in [2.05, 4.69) is 10.6 Å². The molecule has 3 nitrogen and oxygen atoms in total. The van der Waals surface area contributed by atoms with Gasteiger partial charge in [-0.15, -0.1) is 12.4 Å². The van der Waals surface area contributed by atoms with Gasteiger partial charge in [0, 0.05) is 13.0 Å². The van der Waals surface area contributed by atoms with Gasteiger partial charge in [0.1, 0.15) is 0 Å². The third kappa shape index (κ3) is 8.58. The molecule has 0 aromatic heterocycles. The predicted molar refractivity (Wildman–Crippen MR) is 65.8 cm³/mol. The van der Waals surface area contributed by atoms with E-state index >= 15 is 0 Å². The van der Waals surface area contributed by atoms with Crippen molar-refractivity contribution in [1.29, 1.82) is 0 Å². The largest absolute Gasteiger partial charge is 0.390 e. The molecule has 1 heterocycles. The second-order valence-corrected chi connectivity index (χ2v) is 4.45. The standard InChI is InChI=1S/C11H19F3N2O.ClH/c12-11(13,14)5-8-16-10(17)2-1-9-3-6-15-7-4-9;/h9,15H,1-8H2,(H,16,17);1H. The molecule has 1 rings (SSSR count). The Morgan fingerprint density at radius 3 is 2.44 bits per heavy atom. The molecule has 1 aliphatic rings. The summed E-state index contributed by atoms with van der Waals surface area (Å²) in [4.78, 5) is 11.3. The van der Waals surface area contributed by atoms with E-state index in [1.165, 1.54) is 0 Å². The number of alkyl halides is 3. The fraction of sp³-hybridized carbons (Fsp3) is 0.909. The number of carbonyl (C=O) groups excluding carboxylic acids is 1. The maximum atomic E-state index is 11.8. The van der Waals surface area contributed by atoms with Crippen molar-refractivity contribution in [3.05, 3.63) is 0 Å². The number of amides is 1. The molecule has 7 heteroatoms. The van der Waals surface area contributed by atoms with E-state index in [9.17, 15) is 18.0 Å². The summed E-state index contributed by atoms with van der Waals surface area (Å²) < 4.78 is 35.5. The molecule has 1 saturated heterocycles. The van der Waals surface area contributed by atoms with Gasteiger partial charge in [-0.1, -0.05) is 0 Å². The first-order chi connectivity index (χ1) is 7.97. The summed E-state index contributed by atoms with van der Waals surface area (Å²) in [7, 11) is 0. The molecule has 0 saturated carbocycles. The molecule has 0 aromatic rings. The van der Waals surface area contributed by atoms with Crippen LogP contribution in [0, 0.1) is 5.92 Å². The van der Waals surface area contributed by atoms with Crippen LogP contribution in [-0.4, -0.2) is 31.7 Å². The Morgan fingerprint density at radius 2 is 1.89 bits per heavy atom. The van der Waals surface area contributed by atoms with Crippen LogP contribution in [-0.2, 0) is 4.79 Å². The van der Waals surface area contributed by atoms with Crippen LogP contribution in [0.2, 0.25) is 0 Å². The zero-order valence-corrected chi connectivity index (χ0v) is 11.0. The quantitative estimate of drug-likeness (QED) is 0.815. The van der Waals surface area contributed by atoms with Crippen molar-refractivity contribution in [2.45, 2.75) is 38.3 Å². The van der Waals surface area contributed by atoms with E-state index in [-0.39, 0.29) is 24.9 Å². The Balaban J connectivity index is 0.00000289. The van der Waals surface area contributed by atoms with Gasteiger partial charge in [-0.3, -0.25) is 4.79 Å². The van der Waals surface area contributed by atoms with Gasteiger partial charge >= 0.3 is 6.18 Å². The lowest BCUT2D eigenvalue weighted by atomic mass is 9.93. The number of hydrogen-bond donors (Lipinski definition) is 2. The first kappa shape index (κ1) is 17.5. The second-order valence-electron chi connectivity index (χ2n) is 4.45. The smallest absolute Gasteiger partial charge is 0.356 e. The maximum absolute atomic E-state index is 11.8. The minimum absolute atomic E-state index is 0. The average molecular weight is 289 g/mol. The molecular formula is C11H20ClF3N2O. The molecule has 0 aromatic carbocycles. The fourth-order valence-corrected chi connectivity index (χ4v) is 1.94. The monoisotopic (exact) mass is 288 g/mol. The number of hydrogen-bond acceptors (Lipinski definition) is 2. The van der Waals surface area contributed by atoms with E-state index in [4.69, 9.17) is 0 Å². The zero-order chi connectivity index (χ0) is 12.7. The number of piperidine rings is 1. The Hall–Kier alpha value is -0.490. The summed E-state index contributed by atoms with van der Waals surface area (Å²) in [5.41, 5.74) is 0. The highest BCUT2D eigenvalue weighted by atomic mass is 35.5. The Morgan fingerprint density at radius 1 is 1.28 bits per heavy atom. The van der Waals surface area contributed by atoms with Crippen molar-refractivity contribution < 1.29 is 18.0 Å². The normalized spacial score (nSPS) is 17.1. The number of rotatable bonds is 5. The number of nitrogens with one attached hydrogen (secondary N) is 2. The minimum atomic E-state index is -4.19. The number of halogens is 4. The molecule has 1 aliphatic heterocycles. The molecule has 0 aliphatic carbocycles. The van der Waals surface area contributed by atoms with Gasteiger partial charge in [0.25, 0.3) is 0 Å². The van der Waals surface area contributed by atoms with Crippen molar-refractivity contribution in [3.8, 4) is 0 Å². The summed E-state index contributed by atoms with van der Waals surface area (Å²) in [5.74, 6) is 0.261. The van der Waals surface area contributed by atoms with Gasteiger partial charge in [-0.25, -0.2) is 0 Å². The van der Waals surface area contributed by atoms with Gasteiger partial charge in [-0.05, 0) is 38.3 Å². The summed E-state index contributed by atoms with van der Waals surface area (Å²) in [6.45, 7) is 1.63. The molecule has 0 unspecified atom stereocenters. The van der Waals surface area contributed by atoms with Crippen LogP contribution in [0.15, 0.2) is 0 Å². The van der Waals surface area contributed by atoms with Gasteiger partial charge in [-0.2, -0.15) is 13.2 Å². The third-order valence-corrected chi connectivity index (χ3v) is 2.97. The van der Waals surface area contributed by atoms with Gasteiger partial charge in [0.05, 0.1) is 6.42 Å². The van der Waals surface area contributed by atoms with Crippen LogP contribution in [0.3, 0.4) is 0 Å². The van der Waals surface area contributed by atoms with E-state index in [0.29, 0.717) is 12.3 Å². The number of carbonyl (C=O) groups is 1. The van der Waals surface area contributed by atoms with Gasteiger partial charge in [0.15, 0.2) is 0 Å². The van der Waals surface area contributed by atoms with Crippen molar-refractivity contribution in [2.24, 2.45) is 5.92 Å². The highest BCUT2D eigenvalue weighted by Gasteiger charge is 2.26. The zero-order valence-electron chi connectivity index (χ0n) is 10.2. The van der Waals surface area contributed by atoms with Gasteiger partial charge in [0.2, 0.25) is 5.91 Å². The van der Waals surface area contributed by atoms with Crippen LogP contribution >= 0.6 is 12.4 Å². The molecule has 108 valence electrons. The lowest BCUT2D eigenvalue weighted by molar-refractivity contribution is -0.135. The molecule has 1 fully saturated rings. The second kappa shape index (κ2) is 8.58. The lowest BCUT2D eigenvalue weighted by Crippen LogP contribution is -2.30. The highest BCUT2D eigenvalue weighted by Crippen LogP contribution is 2.19. The highest BCUT2D eigenvalue weighted by molar-refractivity contribution is 5.85. The minimum Gasteiger partial charge on any atom is -0.356 e. The van der Waals surface area contributed by atoms with Crippen LogP contribution in [0.1, 0.15) is 32.1 Å². The van der Waals surface area contributed by atoms with Crippen LogP contribution < -0.4 is 10.6 Å². The molecule has 1 amide bonds. The van der Waals surface area contributed by atoms with Crippen LogP contribution in [0.5, 0.6) is 0 Å².